The highest BCUT2D eigenvalue weighted by atomic mass is 35.5. The van der Waals surface area contributed by atoms with E-state index in [1.165, 1.54) is 18.6 Å². The van der Waals surface area contributed by atoms with E-state index in [-0.39, 0.29) is 17.3 Å². The first-order valence-corrected chi connectivity index (χ1v) is 9.70. The second kappa shape index (κ2) is 8.26. The van der Waals surface area contributed by atoms with Crippen LogP contribution in [0.25, 0.3) is 16.8 Å². The third-order valence-electron chi connectivity index (χ3n) is 4.72. The first-order chi connectivity index (χ1) is 14.5. The first kappa shape index (κ1) is 20.1. The van der Waals surface area contributed by atoms with Crippen molar-refractivity contribution in [3.05, 3.63) is 89.9 Å². The van der Waals surface area contributed by atoms with Gasteiger partial charge in [0.05, 0.1) is 36.2 Å². The lowest BCUT2D eigenvalue weighted by Gasteiger charge is -2.32. The van der Waals surface area contributed by atoms with Crippen LogP contribution >= 0.6 is 23.2 Å². The minimum Gasteiger partial charge on any atom is -0.296 e. The lowest BCUT2D eigenvalue weighted by Crippen LogP contribution is -2.27. The predicted molar refractivity (Wildman–Crippen MR) is 115 cm³/mol. The van der Waals surface area contributed by atoms with Crippen LogP contribution in [-0.4, -0.2) is 36.8 Å². The van der Waals surface area contributed by atoms with Gasteiger partial charge in [0.2, 0.25) is 0 Å². The van der Waals surface area contributed by atoms with Crippen molar-refractivity contribution < 1.29 is 9.59 Å². The van der Waals surface area contributed by atoms with E-state index in [1.807, 2.05) is 36.4 Å². The van der Waals surface area contributed by atoms with Crippen LogP contribution in [0.3, 0.4) is 0 Å². The van der Waals surface area contributed by atoms with E-state index in [1.54, 1.807) is 12.3 Å². The van der Waals surface area contributed by atoms with Gasteiger partial charge < -0.3 is 0 Å². The zero-order valence-corrected chi connectivity index (χ0v) is 17.0. The summed E-state index contributed by atoms with van der Waals surface area (Å²) in [5.41, 5.74) is 3.89. The maximum Gasteiger partial charge on any atom is 0.170 e. The number of aromatic nitrogens is 4. The predicted octanol–water partition coefficient (Wildman–Crippen LogP) is 4.47. The van der Waals surface area contributed by atoms with Crippen LogP contribution in [-0.2, 0) is 0 Å². The lowest BCUT2D eigenvalue weighted by atomic mass is 9.85. The normalized spacial score (nSPS) is 17.3. The third-order valence-corrected chi connectivity index (χ3v) is 5.60. The lowest BCUT2D eigenvalue weighted by molar-refractivity contribution is 0.111. The highest BCUT2D eigenvalue weighted by Crippen LogP contribution is 2.50. The number of carbonyl (C=O) groups excluding carboxylic acids is 2. The van der Waals surface area contributed by atoms with Gasteiger partial charge in [0.1, 0.15) is 11.4 Å². The van der Waals surface area contributed by atoms with Crippen LogP contribution in [0.5, 0.6) is 0 Å². The Morgan fingerprint density at radius 2 is 1.53 bits per heavy atom. The van der Waals surface area contributed by atoms with Gasteiger partial charge in [-0.05, 0) is 11.6 Å². The molecule has 148 valence electrons. The summed E-state index contributed by atoms with van der Waals surface area (Å²) in [5.74, 6) is -0.365. The minimum absolute atomic E-state index is 0.228. The molecule has 0 amide bonds. The average molecular weight is 437 g/mol. The highest BCUT2D eigenvalue weighted by molar-refractivity contribution is 6.55. The Bertz CT molecular complexity index is 1160. The van der Waals surface area contributed by atoms with Crippen LogP contribution in [0.15, 0.2) is 67.3 Å². The van der Waals surface area contributed by atoms with Crippen molar-refractivity contribution in [2.45, 2.75) is 10.3 Å². The van der Waals surface area contributed by atoms with Crippen LogP contribution in [0.1, 0.15) is 38.2 Å². The van der Waals surface area contributed by atoms with E-state index < -0.39 is 4.33 Å². The number of halogens is 2. The van der Waals surface area contributed by atoms with Gasteiger partial charge >= 0.3 is 0 Å². The molecular weight excluding hydrogens is 423 g/mol. The zero-order chi connectivity index (χ0) is 21.1. The number of rotatable bonds is 5. The number of alkyl halides is 2. The summed E-state index contributed by atoms with van der Waals surface area (Å²) in [4.78, 5) is 38.3. The van der Waals surface area contributed by atoms with Gasteiger partial charge in [0.25, 0.3) is 0 Å². The van der Waals surface area contributed by atoms with Crippen LogP contribution < -0.4 is 0 Å². The summed E-state index contributed by atoms with van der Waals surface area (Å²) in [7, 11) is 0. The molecule has 1 aliphatic rings. The summed E-state index contributed by atoms with van der Waals surface area (Å²) in [6.45, 7) is 0. The van der Waals surface area contributed by atoms with Gasteiger partial charge in [0, 0.05) is 17.1 Å². The quantitative estimate of drug-likeness (QED) is 0.433. The third kappa shape index (κ3) is 3.79. The fourth-order valence-corrected chi connectivity index (χ4v) is 3.93. The maximum absolute atomic E-state index is 10.8. The molecule has 4 rings (SSSR count). The smallest absolute Gasteiger partial charge is 0.170 e. The van der Waals surface area contributed by atoms with E-state index in [4.69, 9.17) is 23.2 Å². The molecule has 0 radical (unpaired) electrons. The Labute approximate surface area is 182 Å². The standard InChI is InChI=1S/C22H14Cl2N4O2/c23-22(24)18(5-2-6-19(22)21-11-26-17(13-30)9-28-21)14-3-1-4-15(7-14)20-10-25-16(12-29)8-27-20/h1-13,18H. The highest BCUT2D eigenvalue weighted by Gasteiger charge is 2.41. The fourth-order valence-electron chi connectivity index (χ4n) is 3.22. The average Bonchev–Trinajstić information content (AvgIpc) is 2.79. The summed E-state index contributed by atoms with van der Waals surface area (Å²) >= 11 is 13.7. The number of nitrogens with zero attached hydrogens (tertiary/aromatic N) is 4. The first-order valence-electron chi connectivity index (χ1n) is 8.95. The largest absolute Gasteiger partial charge is 0.296 e. The number of allylic oxidation sites excluding steroid dienone is 4. The summed E-state index contributed by atoms with van der Waals surface area (Å²) in [5, 5.41) is 0. The van der Waals surface area contributed by atoms with Gasteiger partial charge in [0.15, 0.2) is 16.9 Å². The van der Waals surface area contributed by atoms with Gasteiger partial charge in [-0.3, -0.25) is 19.6 Å². The zero-order valence-electron chi connectivity index (χ0n) is 15.4. The molecule has 2 aromatic heterocycles. The molecule has 0 saturated heterocycles. The number of carbonyl (C=O) groups is 2. The van der Waals surface area contributed by atoms with Crippen molar-refractivity contribution in [3.63, 3.8) is 0 Å². The second-order valence-electron chi connectivity index (χ2n) is 6.58. The summed E-state index contributed by atoms with van der Waals surface area (Å²) in [6.07, 6.45) is 12.7. The van der Waals surface area contributed by atoms with E-state index in [0.29, 0.717) is 29.5 Å². The van der Waals surface area contributed by atoms with Crippen molar-refractivity contribution in [1.29, 1.82) is 0 Å². The Hall–Kier alpha value is -3.22. The molecule has 1 unspecified atom stereocenters. The van der Waals surface area contributed by atoms with Crippen LogP contribution in [0.2, 0.25) is 0 Å². The van der Waals surface area contributed by atoms with Crippen molar-refractivity contribution in [2.75, 3.05) is 0 Å². The van der Waals surface area contributed by atoms with E-state index >= 15 is 0 Å². The number of aldehydes is 2. The van der Waals surface area contributed by atoms with E-state index in [2.05, 4.69) is 19.9 Å². The van der Waals surface area contributed by atoms with Crippen molar-refractivity contribution in [3.8, 4) is 11.3 Å². The van der Waals surface area contributed by atoms with Crippen LogP contribution in [0, 0.1) is 0 Å². The molecule has 1 aliphatic carbocycles. The van der Waals surface area contributed by atoms with E-state index in [0.717, 1.165) is 11.1 Å². The SMILES string of the molecule is O=Cc1cnc(C2=CC=CC(c3cccc(-c4cnc(C=O)cn4)c3)C2(Cl)Cl)cn1. The Kier molecular flexibility index (Phi) is 5.53. The second-order valence-corrected chi connectivity index (χ2v) is 7.97. The number of benzene rings is 1. The molecule has 2 heterocycles. The molecule has 0 fully saturated rings. The topological polar surface area (TPSA) is 85.7 Å². The maximum atomic E-state index is 10.8. The minimum atomic E-state index is -1.31. The molecule has 0 aliphatic heterocycles. The van der Waals surface area contributed by atoms with Gasteiger partial charge in [-0.1, -0.05) is 59.6 Å². The summed E-state index contributed by atoms with van der Waals surface area (Å²) < 4.78 is -1.31. The van der Waals surface area contributed by atoms with Crippen molar-refractivity contribution in [1.82, 2.24) is 19.9 Å². The van der Waals surface area contributed by atoms with E-state index in [9.17, 15) is 9.59 Å². The molecule has 3 aromatic rings. The molecule has 0 bridgehead atoms. The number of hydrogen-bond acceptors (Lipinski definition) is 6. The molecule has 0 spiro atoms. The molecule has 1 atom stereocenters. The van der Waals surface area contributed by atoms with Gasteiger partial charge in [-0.15, -0.1) is 0 Å². The molecule has 0 saturated carbocycles. The summed E-state index contributed by atoms with van der Waals surface area (Å²) in [6, 6.07) is 7.64. The molecule has 8 heteroatoms. The molecule has 30 heavy (non-hydrogen) atoms. The molecule has 6 nitrogen and oxygen atoms in total. The van der Waals surface area contributed by atoms with Crippen molar-refractivity contribution >= 4 is 41.3 Å². The Balaban J connectivity index is 1.68. The van der Waals surface area contributed by atoms with Gasteiger partial charge in [-0.25, -0.2) is 9.97 Å². The molecular formula is C22H14Cl2N4O2. The fraction of sp³-hybridized carbons (Fsp3) is 0.0909. The molecule has 1 aromatic carbocycles. The van der Waals surface area contributed by atoms with Crippen molar-refractivity contribution in [2.24, 2.45) is 0 Å². The molecule has 0 N–H and O–H groups in total. The Morgan fingerprint density at radius 3 is 2.13 bits per heavy atom. The Morgan fingerprint density at radius 1 is 0.867 bits per heavy atom. The monoisotopic (exact) mass is 436 g/mol. The van der Waals surface area contributed by atoms with Gasteiger partial charge in [-0.2, -0.15) is 0 Å². The number of hydrogen-bond donors (Lipinski definition) is 0. The van der Waals surface area contributed by atoms with Crippen LogP contribution in [0.4, 0.5) is 0 Å².